The molecule has 1 aromatic carbocycles. The Morgan fingerprint density at radius 2 is 2.12 bits per heavy atom. The van der Waals surface area contributed by atoms with Crippen molar-refractivity contribution < 1.29 is 14.5 Å². The highest BCUT2D eigenvalue weighted by Gasteiger charge is 2.17. The van der Waals surface area contributed by atoms with Crippen molar-refractivity contribution in [1.29, 1.82) is 0 Å². The number of methoxy groups -OCH3 is 1. The number of nitrogens with two attached hydrogens (primary N) is 2. The van der Waals surface area contributed by atoms with E-state index < -0.39 is 16.8 Å². The normalized spacial score (nSPS) is 9.47. The zero-order chi connectivity index (χ0) is 13.0. The molecule has 0 aliphatic rings. The lowest BCUT2D eigenvalue weighted by atomic mass is 10.2. The number of nitro benzene ring substituents is 1. The van der Waals surface area contributed by atoms with Crippen LogP contribution in [0.2, 0.25) is 0 Å². The number of rotatable bonds is 3. The lowest BCUT2D eigenvalue weighted by Crippen LogP contribution is -2.24. The smallest absolute Gasteiger partial charge is 0.311 e. The average Bonchev–Trinajstić information content (AvgIpc) is 2.27. The largest absolute Gasteiger partial charge is 0.490 e. The molecule has 0 unspecified atom stereocenters. The molecule has 0 aliphatic heterocycles. The van der Waals surface area contributed by atoms with E-state index in [4.69, 9.17) is 16.2 Å². The first-order chi connectivity index (χ1) is 7.95. The summed E-state index contributed by atoms with van der Waals surface area (Å²) in [7, 11) is 1.29. The van der Waals surface area contributed by atoms with Gasteiger partial charge in [-0.15, -0.1) is 0 Å². The summed E-state index contributed by atoms with van der Waals surface area (Å²) >= 11 is 0. The van der Waals surface area contributed by atoms with E-state index in [1.807, 2.05) is 0 Å². The minimum Gasteiger partial charge on any atom is -0.490 e. The van der Waals surface area contributed by atoms with Crippen LogP contribution in [0.1, 0.15) is 10.4 Å². The highest BCUT2D eigenvalue weighted by atomic mass is 16.6. The minimum absolute atomic E-state index is 0.00546. The molecule has 90 valence electrons. The van der Waals surface area contributed by atoms with Crippen LogP contribution >= 0.6 is 0 Å². The second-order valence-corrected chi connectivity index (χ2v) is 2.99. The molecule has 0 heterocycles. The summed E-state index contributed by atoms with van der Waals surface area (Å²) in [6, 6.07) is 3.68. The molecule has 0 fully saturated rings. The molecular formula is C9H10N4O4. The van der Waals surface area contributed by atoms with E-state index in [2.05, 4.69) is 4.99 Å². The molecule has 0 atom stereocenters. The molecule has 1 rings (SSSR count). The van der Waals surface area contributed by atoms with Crippen molar-refractivity contribution in [2.24, 2.45) is 16.5 Å². The van der Waals surface area contributed by atoms with E-state index in [-0.39, 0.29) is 17.0 Å². The predicted octanol–water partition coefficient (Wildman–Crippen LogP) is 0.0170. The predicted molar refractivity (Wildman–Crippen MR) is 59.8 cm³/mol. The van der Waals surface area contributed by atoms with Gasteiger partial charge in [0.15, 0.2) is 11.7 Å². The zero-order valence-corrected chi connectivity index (χ0v) is 8.91. The summed E-state index contributed by atoms with van der Waals surface area (Å²) in [6.45, 7) is 0. The summed E-state index contributed by atoms with van der Waals surface area (Å²) < 4.78 is 4.78. The van der Waals surface area contributed by atoms with Crippen LogP contribution in [-0.4, -0.2) is 23.9 Å². The molecule has 8 nitrogen and oxygen atoms in total. The number of nitrogens with zero attached hydrogens (tertiary/aromatic N) is 2. The first-order valence-corrected chi connectivity index (χ1v) is 4.42. The molecule has 8 heteroatoms. The minimum atomic E-state index is -0.754. The fourth-order valence-electron chi connectivity index (χ4n) is 1.15. The van der Waals surface area contributed by atoms with Crippen LogP contribution in [0.4, 0.5) is 5.69 Å². The van der Waals surface area contributed by atoms with Crippen molar-refractivity contribution in [3.8, 4) is 5.75 Å². The van der Waals surface area contributed by atoms with Crippen LogP contribution in [-0.2, 0) is 0 Å². The van der Waals surface area contributed by atoms with Gasteiger partial charge in [0, 0.05) is 11.6 Å². The number of nitro groups is 1. The summed E-state index contributed by atoms with van der Waals surface area (Å²) in [6.07, 6.45) is 0. The van der Waals surface area contributed by atoms with Gasteiger partial charge in [0.25, 0.3) is 5.91 Å². The summed E-state index contributed by atoms with van der Waals surface area (Å²) in [4.78, 5) is 24.7. The number of carbonyl (C=O) groups excluding carboxylic acids is 1. The number of guanidine groups is 1. The van der Waals surface area contributed by atoms with E-state index in [0.717, 1.165) is 6.07 Å². The van der Waals surface area contributed by atoms with Gasteiger partial charge in [0.2, 0.25) is 0 Å². The highest BCUT2D eigenvalue weighted by Crippen LogP contribution is 2.27. The van der Waals surface area contributed by atoms with Gasteiger partial charge in [-0.1, -0.05) is 0 Å². The topological polar surface area (TPSA) is 134 Å². The van der Waals surface area contributed by atoms with Crippen LogP contribution in [0.3, 0.4) is 0 Å². The van der Waals surface area contributed by atoms with Gasteiger partial charge in [0.1, 0.15) is 0 Å². The van der Waals surface area contributed by atoms with Crippen LogP contribution in [0.25, 0.3) is 0 Å². The second kappa shape index (κ2) is 4.92. The van der Waals surface area contributed by atoms with Crippen LogP contribution in [0, 0.1) is 10.1 Å². The van der Waals surface area contributed by atoms with E-state index in [9.17, 15) is 14.9 Å². The number of hydrogen-bond donors (Lipinski definition) is 2. The number of aliphatic imine (C=N–C) groups is 1. The van der Waals surface area contributed by atoms with E-state index in [0.29, 0.717) is 0 Å². The van der Waals surface area contributed by atoms with E-state index in [1.165, 1.54) is 19.2 Å². The number of amides is 1. The Hall–Kier alpha value is -2.64. The molecule has 0 bridgehead atoms. The first-order valence-electron chi connectivity index (χ1n) is 4.42. The van der Waals surface area contributed by atoms with Crippen molar-refractivity contribution in [2.45, 2.75) is 0 Å². The van der Waals surface area contributed by atoms with Gasteiger partial charge in [-0.25, -0.2) is 0 Å². The van der Waals surface area contributed by atoms with Gasteiger partial charge in [-0.3, -0.25) is 14.9 Å². The SMILES string of the molecule is COc1ccc(C(=O)N=C(N)N)cc1[N+](=O)[O-]. The number of ether oxygens (including phenoxy) is 1. The number of carbonyl (C=O) groups is 1. The molecule has 0 aromatic heterocycles. The summed E-state index contributed by atoms with van der Waals surface area (Å²) in [5.74, 6) is -1.11. The lowest BCUT2D eigenvalue weighted by molar-refractivity contribution is -0.385. The maximum Gasteiger partial charge on any atom is 0.311 e. The lowest BCUT2D eigenvalue weighted by Gasteiger charge is -2.02. The Morgan fingerprint density at radius 1 is 1.47 bits per heavy atom. The quantitative estimate of drug-likeness (QED) is 0.330. The highest BCUT2D eigenvalue weighted by molar-refractivity contribution is 6.02. The van der Waals surface area contributed by atoms with Crippen molar-refractivity contribution in [1.82, 2.24) is 0 Å². The van der Waals surface area contributed by atoms with Gasteiger partial charge in [0.05, 0.1) is 12.0 Å². The molecule has 0 spiro atoms. The van der Waals surface area contributed by atoms with Gasteiger partial charge < -0.3 is 16.2 Å². The van der Waals surface area contributed by atoms with Crippen LogP contribution in [0.15, 0.2) is 23.2 Å². The van der Waals surface area contributed by atoms with Crippen molar-refractivity contribution in [2.75, 3.05) is 7.11 Å². The van der Waals surface area contributed by atoms with Crippen molar-refractivity contribution in [3.05, 3.63) is 33.9 Å². The van der Waals surface area contributed by atoms with E-state index in [1.54, 1.807) is 0 Å². The van der Waals surface area contributed by atoms with Crippen LogP contribution in [0.5, 0.6) is 5.75 Å². The maximum absolute atomic E-state index is 11.4. The first kappa shape index (κ1) is 12.4. The number of hydrogen-bond acceptors (Lipinski definition) is 4. The standard InChI is InChI=1S/C9H10N4O4/c1-17-7-3-2-5(4-6(7)13(15)16)8(14)12-9(10)11/h2-4H,1H3,(H4,10,11,12,14). The molecule has 17 heavy (non-hydrogen) atoms. The van der Waals surface area contributed by atoms with Gasteiger partial charge in [-0.2, -0.15) is 4.99 Å². The number of benzene rings is 1. The molecule has 4 N–H and O–H groups in total. The Balaban J connectivity index is 3.21. The Labute approximate surface area is 96.0 Å². The third-order valence-electron chi connectivity index (χ3n) is 1.85. The molecule has 0 radical (unpaired) electrons. The third-order valence-corrected chi connectivity index (χ3v) is 1.85. The molecule has 0 saturated carbocycles. The molecular weight excluding hydrogens is 228 g/mol. The molecule has 0 saturated heterocycles. The van der Waals surface area contributed by atoms with Gasteiger partial charge >= 0.3 is 5.69 Å². The fourth-order valence-corrected chi connectivity index (χ4v) is 1.15. The van der Waals surface area contributed by atoms with Gasteiger partial charge in [-0.05, 0) is 12.1 Å². The Kier molecular flexibility index (Phi) is 3.60. The second-order valence-electron chi connectivity index (χ2n) is 2.99. The van der Waals surface area contributed by atoms with E-state index >= 15 is 0 Å². The van der Waals surface area contributed by atoms with Crippen molar-refractivity contribution in [3.63, 3.8) is 0 Å². The third kappa shape index (κ3) is 2.91. The van der Waals surface area contributed by atoms with Crippen molar-refractivity contribution >= 4 is 17.6 Å². The zero-order valence-electron chi connectivity index (χ0n) is 8.91. The molecule has 1 amide bonds. The fraction of sp³-hybridized carbons (Fsp3) is 0.111. The molecule has 1 aromatic rings. The summed E-state index contributed by atoms with van der Waals surface area (Å²) in [5, 5.41) is 10.7. The Morgan fingerprint density at radius 3 is 2.59 bits per heavy atom. The Bertz CT molecular complexity index is 494. The monoisotopic (exact) mass is 238 g/mol. The average molecular weight is 238 g/mol. The van der Waals surface area contributed by atoms with Crippen LogP contribution < -0.4 is 16.2 Å². The summed E-state index contributed by atoms with van der Waals surface area (Å²) in [5.41, 5.74) is 9.74. The molecule has 0 aliphatic carbocycles. The maximum atomic E-state index is 11.4.